The Morgan fingerprint density at radius 3 is 0.400 bits per heavy atom. The average molecular weight is 278 g/mol. The van der Waals surface area contributed by atoms with Gasteiger partial charge in [0, 0.05) is 56.5 Å². The second-order valence-electron chi connectivity index (χ2n) is 0. The SMILES string of the molecule is C#N.C#N.C#N.C#N.C#N.C#N.Cl.[Fe].[NaH]. The third-order valence-electron chi connectivity index (χ3n) is 0. The first-order valence-electron chi connectivity index (χ1n) is 1.55. The minimum absolute atomic E-state index is 0. The van der Waals surface area contributed by atoms with Gasteiger partial charge in [-0.25, -0.2) is 31.6 Å². The van der Waals surface area contributed by atoms with Crippen molar-refractivity contribution in [2.45, 2.75) is 0 Å². The zero-order valence-electron chi connectivity index (χ0n) is 6.91. The summed E-state index contributed by atoms with van der Waals surface area (Å²) >= 11 is 0. The number of rotatable bonds is 0. The molecular formula is C6H8ClFeN6Na. The third kappa shape index (κ3) is 942. The maximum absolute atomic E-state index is 6.50. The van der Waals surface area contributed by atoms with Crippen molar-refractivity contribution >= 4 is 42.0 Å². The molecule has 15 heavy (non-hydrogen) atoms. The van der Waals surface area contributed by atoms with Gasteiger partial charge in [0.05, 0.1) is 0 Å². The molecule has 0 fully saturated rings. The molecule has 0 amide bonds. The van der Waals surface area contributed by atoms with Crippen LogP contribution in [0.1, 0.15) is 0 Å². The van der Waals surface area contributed by atoms with Crippen LogP contribution in [0, 0.1) is 71.0 Å². The molecule has 0 heterocycles. The molecule has 0 unspecified atom stereocenters. The van der Waals surface area contributed by atoms with Gasteiger partial charge in [0.2, 0.25) is 0 Å². The van der Waals surface area contributed by atoms with E-state index in [-0.39, 0.29) is 59.0 Å². The second-order valence-corrected chi connectivity index (χ2v) is 0. The summed E-state index contributed by atoms with van der Waals surface area (Å²) in [4.78, 5) is 0. The molecule has 0 aliphatic carbocycles. The number of hydrogen-bond donors (Lipinski definition) is 0. The summed E-state index contributed by atoms with van der Waals surface area (Å²) in [6, 6.07) is 0. The van der Waals surface area contributed by atoms with Gasteiger partial charge in [-0.3, -0.25) is 0 Å². The van der Waals surface area contributed by atoms with Gasteiger partial charge in [0.25, 0.3) is 0 Å². The molecule has 0 bridgehead atoms. The zero-order chi connectivity index (χ0) is 12.0. The van der Waals surface area contributed by atoms with Crippen molar-refractivity contribution in [1.29, 1.82) is 31.6 Å². The number of halogens is 1. The van der Waals surface area contributed by atoms with Gasteiger partial charge in [-0.05, 0) is 0 Å². The molecule has 0 saturated carbocycles. The van der Waals surface area contributed by atoms with Gasteiger partial charge in [-0.1, -0.05) is 0 Å². The molecule has 9 heteroatoms. The van der Waals surface area contributed by atoms with Crippen molar-refractivity contribution in [1.82, 2.24) is 0 Å². The summed E-state index contributed by atoms with van der Waals surface area (Å²) in [5.41, 5.74) is 0. The standard InChI is InChI=1S/6CHN.ClH.Fe.Na.H/c6*1-2;;;;/h6*1H;1H;;;. The van der Waals surface area contributed by atoms with Crippen LogP contribution in [0.15, 0.2) is 0 Å². The molecular weight excluding hydrogens is 270 g/mol. The molecule has 0 aliphatic rings. The molecule has 0 aromatic carbocycles. The van der Waals surface area contributed by atoms with Crippen LogP contribution in [-0.4, -0.2) is 29.6 Å². The van der Waals surface area contributed by atoms with Crippen LogP contribution in [0.25, 0.3) is 0 Å². The van der Waals surface area contributed by atoms with E-state index in [2.05, 4.69) is 39.4 Å². The normalized spacial score (nSPS) is 0.800. The Balaban J connectivity index is -0.00000000396. The molecule has 0 radical (unpaired) electrons. The van der Waals surface area contributed by atoms with Crippen LogP contribution >= 0.6 is 12.4 Å². The van der Waals surface area contributed by atoms with Gasteiger partial charge in [-0.15, -0.1) is 12.4 Å². The van der Waals surface area contributed by atoms with Crippen molar-refractivity contribution in [2.24, 2.45) is 0 Å². The summed E-state index contributed by atoms with van der Waals surface area (Å²) in [6.45, 7) is 21.0. The minimum atomic E-state index is 0. The van der Waals surface area contributed by atoms with Gasteiger partial charge in [0.1, 0.15) is 0 Å². The Bertz CT molecular complexity index is 103. The predicted octanol–water partition coefficient (Wildman–Crippen LogP) is 0.609. The average Bonchev–Trinajstić information content (AvgIpc) is 2.33. The fourth-order valence-electron chi connectivity index (χ4n) is 0. The first-order chi connectivity index (χ1) is 6.00. The quantitative estimate of drug-likeness (QED) is 0.594. The topological polar surface area (TPSA) is 143 Å². The molecule has 78 valence electrons. The summed E-state index contributed by atoms with van der Waals surface area (Å²) in [6.07, 6.45) is 0. The summed E-state index contributed by atoms with van der Waals surface area (Å²) in [5, 5.41) is 39.0. The van der Waals surface area contributed by atoms with E-state index < -0.39 is 0 Å². The van der Waals surface area contributed by atoms with Crippen molar-refractivity contribution in [3.63, 3.8) is 0 Å². The van der Waals surface area contributed by atoms with Gasteiger partial charge < -0.3 is 0 Å². The van der Waals surface area contributed by atoms with Crippen LogP contribution < -0.4 is 0 Å². The Labute approximate surface area is 129 Å². The van der Waals surface area contributed by atoms with Crippen molar-refractivity contribution < 1.29 is 17.1 Å². The van der Waals surface area contributed by atoms with E-state index in [1.807, 2.05) is 0 Å². The molecule has 0 aromatic rings. The first kappa shape index (κ1) is 99.1. The molecule has 0 saturated heterocycles. The Hall–Kier alpha value is -1.25. The Morgan fingerprint density at radius 1 is 0.400 bits per heavy atom. The maximum atomic E-state index is 6.50. The molecule has 0 spiro atoms. The van der Waals surface area contributed by atoms with E-state index in [0.717, 1.165) is 0 Å². The van der Waals surface area contributed by atoms with E-state index in [1.165, 1.54) is 0 Å². The molecule has 6 nitrogen and oxygen atoms in total. The van der Waals surface area contributed by atoms with Crippen LogP contribution in [0.5, 0.6) is 0 Å². The molecule has 0 aromatic heterocycles. The Morgan fingerprint density at radius 2 is 0.400 bits per heavy atom. The van der Waals surface area contributed by atoms with Crippen LogP contribution in [-0.2, 0) is 17.1 Å². The summed E-state index contributed by atoms with van der Waals surface area (Å²) in [7, 11) is 0. The summed E-state index contributed by atoms with van der Waals surface area (Å²) in [5.74, 6) is 0. The number of hydrogen-bond acceptors (Lipinski definition) is 6. The van der Waals surface area contributed by atoms with Crippen LogP contribution in [0.4, 0.5) is 0 Å². The molecule has 0 N–H and O–H groups in total. The fraction of sp³-hybridized carbons (Fsp3) is 0. The van der Waals surface area contributed by atoms with Crippen molar-refractivity contribution in [3.8, 4) is 39.4 Å². The van der Waals surface area contributed by atoms with Gasteiger partial charge in [0.15, 0.2) is 0 Å². The Kier molecular flexibility index (Phi) is 7430. The monoisotopic (exact) mass is 278 g/mol. The second kappa shape index (κ2) is 1130. The van der Waals surface area contributed by atoms with Crippen LogP contribution in [0.2, 0.25) is 0 Å². The van der Waals surface area contributed by atoms with E-state index in [0.29, 0.717) is 0 Å². The molecule has 0 atom stereocenters. The van der Waals surface area contributed by atoms with Crippen molar-refractivity contribution in [3.05, 3.63) is 0 Å². The zero-order valence-corrected chi connectivity index (χ0v) is 8.83. The third-order valence-corrected chi connectivity index (χ3v) is 0. The first-order valence-corrected chi connectivity index (χ1v) is 1.55. The van der Waals surface area contributed by atoms with E-state index in [9.17, 15) is 0 Å². The molecule has 0 rings (SSSR count). The number of nitrogens with zero attached hydrogens (tertiary/aromatic N) is 6. The predicted molar refractivity (Wildman–Crippen MR) is 54.4 cm³/mol. The van der Waals surface area contributed by atoms with E-state index in [1.54, 1.807) is 0 Å². The van der Waals surface area contributed by atoms with E-state index in [4.69, 9.17) is 31.6 Å². The van der Waals surface area contributed by atoms with Crippen molar-refractivity contribution in [2.75, 3.05) is 0 Å². The van der Waals surface area contributed by atoms with E-state index >= 15 is 0 Å². The van der Waals surface area contributed by atoms with Crippen LogP contribution in [0.3, 0.4) is 0 Å². The fourth-order valence-corrected chi connectivity index (χ4v) is 0. The summed E-state index contributed by atoms with van der Waals surface area (Å²) < 4.78 is 0. The van der Waals surface area contributed by atoms with Gasteiger partial charge in [-0.2, -0.15) is 0 Å². The van der Waals surface area contributed by atoms with Gasteiger partial charge >= 0.3 is 29.6 Å². The molecule has 0 aliphatic heterocycles. The number of nitriles is 6.